The summed E-state index contributed by atoms with van der Waals surface area (Å²) in [5.41, 5.74) is 7.96. The molecule has 4 N–H and O–H groups in total. The van der Waals surface area contributed by atoms with Crippen molar-refractivity contribution >= 4 is 17.2 Å². The molecule has 0 bridgehead atoms. The van der Waals surface area contributed by atoms with Gasteiger partial charge in [0.15, 0.2) is 0 Å². The molecule has 34 heavy (non-hydrogen) atoms. The molecule has 0 spiro atoms. The van der Waals surface area contributed by atoms with Gasteiger partial charge in [-0.2, -0.15) is 0 Å². The number of thiazole rings is 1. The van der Waals surface area contributed by atoms with Crippen LogP contribution >= 0.6 is 11.3 Å². The number of hydrogen-bond acceptors (Lipinski definition) is 6. The van der Waals surface area contributed by atoms with E-state index >= 15 is 0 Å². The molecule has 0 saturated heterocycles. The Hall–Kier alpha value is -3.53. The summed E-state index contributed by atoms with van der Waals surface area (Å²) in [5, 5.41) is 17.9. The van der Waals surface area contributed by atoms with Crippen LogP contribution in [-0.4, -0.2) is 32.7 Å². The predicted molar refractivity (Wildman–Crippen MR) is 127 cm³/mol. The Labute approximate surface area is 199 Å². The van der Waals surface area contributed by atoms with Gasteiger partial charge in [0, 0.05) is 24.7 Å². The largest absolute Gasteiger partial charge is 0.396 e. The highest BCUT2D eigenvalue weighted by atomic mass is 32.1. The van der Waals surface area contributed by atoms with Crippen molar-refractivity contribution in [2.24, 2.45) is 5.73 Å². The van der Waals surface area contributed by atoms with Gasteiger partial charge >= 0.3 is 0 Å². The first kappa shape index (κ1) is 25.1. The van der Waals surface area contributed by atoms with Crippen LogP contribution in [-0.2, 0) is 13.0 Å². The molecule has 0 fully saturated rings. The van der Waals surface area contributed by atoms with Crippen LogP contribution in [0, 0.1) is 11.6 Å². The van der Waals surface area contributed by atoms with E-state index < -0.39 is 11.7 Å². The van der Waals surface area contributed by atoms with E-state index in [0.717, 1.165) is 28.1 Å². The van der Waals surface area contributed by atoms with E-state index in [-0.39, 0.29) is 30.2 Å². The van der Waals surface area contributed by atoms with E-state index in [1.54, 1.807) is 30.6 Å². The van der Waals surface area contributed by atoms with Gasteiger partial charge in [0.05, 0.1) is 22.6 Å². The molecule has 0 unspecified atom stereocenters. The molecular formula is C25H23F2N3O3S. The second-order valence-electron chi connectivity index (χ2n) is 7.16. The monoisotopic (exact) mass is 483 g/mol. The summed E-state index contributed by atoms with van der Waals surface area (Å²) in [6, 6.07) is 13.7. The molecule has 2 aromatic carbocycles. The van der Waals surface area contributed by atoms with E-state index in [1.807, 2.05) is 6.07 Å². The molecule has 0 radical (unpaired) electrons. The third-order valence-electron chi connectivity index (χ3n) is 4.85. The zero-order valence-corrected chi connectivity index (χ0v) is 18.9. The molecular weight excluding hydrogens is 460 g/mol. The van der Waals surface area contributed by atoms with Gasteiger partial charge < -0.3 is 15.9 Å². The number of benzene rings is 2. The van der Waals surface area contributed by atoms with Crippen LogP contribution in [0.1, 0.15) is 28.0 Å². The number of amides is 1. The highest BCUT2D eigenvalue weighted by molar-refractivity contribution is 7.18. The summed E-state index contributed by atoms with van der Waals surface area (Å²) in [6.07, 6.45) is 4.69. The van der Waals surface area contributed by atoms with Crippen LogP contribution in [0.25, 0.3) is 21.0 Å². The first-order chi connectivity index (χ1) is 16.4. The zero-order valence-electron chi connectivity index (χ0n) is 18.1. The Morgan fingerprint density at radius 2 is 1.76 bits per heavy atom. The summed E-state index contributed by atoms with van der Waals surface area (Å²) in [7, 11) is 0. The summed E-state index contributed by atoms with van der Waals surface area (Å²) >= 11 is 1.21. The van der Waals surface area contributed by atoms with Gasteiger partial charge in [0.2, 0.25) is 5.91 Å². The number of rotatable bonds is 7. The number of primary amides is 1. The first-order valence-corrected chi connectivity index (χ1v) is 11.2. The molecule has 176 valence electrons. The number of halogens is 2. The predicted octanol–water partition coefficient (Wildman–Crippen LogP) is 4.35. The van der Waals surface area contributed by atoms with Crippen molar-refractivity contribution in [3.05, 3.63) is 95.4 Å². The summed E-state index contributed by atoms with van der Waals surface area (Å²) in [5.74, 6) is -1.61. The molecule has 1 amide bonds. The fraction of sp³-hybridized carbons (Fsp3) is 0.160. The molecule has 0 aliphatic rings. The molecule has 0 aliphatic heterocycles. The van der Waals surface area contributed by atoms with Crippen molar-refractivity contribution < 1.29 is 23.8 Å². The molecule has 9 heteroatoms. The highest BCUT2D eigenvalue weighted by Gasteiger charge is 2.18. The number of nitrogens with zero attached hydrogens (tertiary/aromatic N) is 2. The van der Waals surface area contributed by atoms with E-state index in [0.29, 0.717) is 11.4 Å². The van der Waals surface area contributed by atoms with Gasteiger partial charge in [-0.1, -0.05) is 24.3 Å². The molecule has 0 saturated carbocycles. The van der Waals surface area contributed by atoms with E-state index in [4.69, 9.17) is 15.9 Å². The summed E-state index contributed by atoms with van der Waals surface area (Å²) < 4.78 is 27.0. The molecule has 4 aromatic rings. The Bertz CT molecular complexity index is 1250. The molecule has 0 atom stereocenters. The maximum atomic E-state index is 14.1. The van der Waals surface area contributed by atoms with Crippen LogP contribution in [0.3, 0.4) is 0 Å². The standard InChI is InChI=1S/C16H10F2N2OS.C9H13NO2/c17-10-6-4-9(5-7-10)13-8-20-16(22-13)14-11(15(19)21)2-1-3-12(14)18;11-6-2-4-9-8(7-12)3-1-5-10-9/h1-8H,(H2,19,21);1,3,5,11-12H,2,4,6-7H2. The normalized spacial score (nSPS) is 10.5. The van der Waals surface area contributed by atoms with Gasteiger partial charge in [-0.3, -0.25) is 9.78 Å². The Morgan fingerprint density at radius 1 is 1.00 bits per heavy atom. The van der Waals surface area contributed by atoms with Gasteiger partial charge in [-0.05, 0) is 54.3 Å². The summed E-state index contributed by atoms with van der Waals surface area (Å²) in [6.45, 7) is 0.191. The van der Waals surface area contributed by atoms with E-state index in [2.05, 4.69) is 9.97 Å². The topological polar surface area (TPSA) is 109 Å². The average Bonchev–Trinajstić information content (AvgIpc) is 3.33. The van der Waals surface area contributed by atoms with Crippen molar-refractivity contribution in [3.8, 4) is 21.0 Å². The number of nitrogens with two attached hydrogens (primary N) is 1. The third-order valence-corrected chi connectivity index (χ3v) is 5.92. The molecule has 4 rings (SSSR count). The lowest BCUT2D eigenvalue weighted by Crippen LogP contribution is -2.13. The van der Waals surface area contributed by atoms with Crippen LogP contribution in [0.15, 0.2) is 67.0 Å². The van der Waals surface area contributed by atoms with Crippen molar-refractivity contribution in [3.63, 3.8) is 0 Å². The Kier molecular flexibility index (Phi) is 8.92. The van der Waals surface area contributed by atoms with Crippen LogP contribution < -0.4 is 5.73 Å². The SMILES string of the molecule is NC(=O)c1cccc(F)c1-c1ncc(-c2ccc(F)cc2)s1.OCCCc1ncccc1CO. The lowest BCUT2D eigenvalue weighted by Gasteiger charge is -2.04. The zero-order chi connectivity index (χ0) is 24.5. The van der Waals surface area contributed by atoms with Crippen LogP contribution in [0.2, 0.25) is 0 Å². The lowest BCUT2D eigenvalue weighted by atomic mass is 10.1. The van der Waals surface area contributed by atoms with E-state index in [1.165, 1.54) is 41.7 Å². The van der Waals surface area contributed by atoms with Gasteiger partial charge in [-0.25, -0.2) is 13.8 Å². The Balaban J connectivity index is 0.000000229. The number of pyridine rings is 1. The lowest BCUT2D eigenvalue weighted by molar-refractivity contribution is 0.100. The number of aliphatic hydroxyl groups is 2. The number of hydrogen-bond donors (Lipinski definition) is 3. The molecule has 0 aliphatic carbocycles. The van der Waals surface area contributed by atoms with Gasteiger partial charge in [-0.15, -0.1) is 11.3 Å². The molecule has 2 aromatic heterocycles. The van der Waals surface area contributed by atoms with Crippen molar-refractivity contribution in [1.82, 2.24) is 9.97 Å². The minimum absolute atomic E-state index is 0.0224. The quantitative estimate of drug-likeness (QED) is 0.362. The van der Waals surface area contributed by atoms with Crippen LogP contribution in [0.5, 0.6) is 0 Å². The maximum absolute atomic E-state index is 14.1. The van der Waals surface area contributed by atoms with Crippen molar-refractivity contribution in [2.45, 2.75) is 19.4 Å². The second-order valence-corrected chi connectivity index (χ2v) is 8.19. The number of aromatic nitrogens is 2. The van der Waals surface area contributed by atoms with Crippen molar-refractivity contribution in [1.29, 1.82) is 0 Å². The average molecular weight is 484 g/mol. The van der Waals surface area contributed by atoms with Crippen LogP contribution in [0.4, 0.5) is 8.78 Å². The minimum atomic E-state index is -0.715. The smallest absolute Gasteiger partial charge is 0.249 e. The third kappa shape index (κ3) is 6.28. The second kappa shape index (κ2) is 12.1. The number of carbonyl (C=O) groups excluding carboxylic acids is 1. The van der Waals surface area contributed by atoms with Gasteiger partial charge in [0.1, 0.15) is 16.6 Å². The number of aliphatic hydroxyl groups excluding tert-OH is 2. The summed E-state index contributed by atoms with van der Waals surface area (Å²) in [4.78, 5) is 20.5. The Morgan fingerprint density at radius 3 is 2.44 bits per heavy atom. The number of aryl methyl sites for hydroxylation is 1. The van der Waals surface area contributed by atoms with E-state index in [9.17, 15) is 13.6 Å². The van der Waals surface area contributed by atoms with Crippen molar-refractivity contribution in [2.75, 3.05) is 6.61 Å². The van der Waals surface area contributed by atoms with Gasteiger partial charge in [0.25, 0.3) is 0 Å². The maximum Gasteiger partial charge on any atom is 0.249 e. The fourth-order valence-corrected chi connectivity index (χ4v) is 4.15. The molecule has 2 heterocycles. The first-order valence-electron chi connectivity index (χ1n) is 10.4. The fourth-order valence-electron chi connectivity index (χ4n) is 3.17. The highest BCUT2D eigenvalue weighted by Crippen LogP contribution is 2.35. The minimum Gasteiger partial charge on any atom is -0.396 e. The molecule has 6 nitrogen and oxygen atoms in total. The number of carbonyl (C=O) groups is 1.